The number of carbonyl (C=O) groups excluding carboxylic acids is 2. The molecule has 8 nitrogen and oxygen atoms in total. The van der Waals surface area contributed by atoms with E-state index in [1.54, 1.807) is 9.80 Å². The minimum atomic E-state index is -0.181. The average molecular weight is 338 g/mol. The zero-order valence-corrected chi connectivity index (χ0v) is 13.5. The fourth-order valence-electron chi connectivity index (χ4n) is 2.54. The van der Waals surface area contributed by atoms with Crippen molar-refractivity contribution in [2.45, 2.75) is 24.4 Å². The van der Waals surface area contributed by atoms with E-state index in [2.05, 4.69) is 0 Å². The number of nitrogens with zero attached hydrogens (tertiary/aromatic N) is 2. The lowest BCUT2D eigenvalue weighted by atomic mass is 10.3. The van der Waals surface area contributed by atoms with Crippen molar-refractivity contribution in [2.75, 3.05) is 52.6 Å². The molecule has 4 heterocycles. The first-order valence-corrected chi connectivity index (χ1v) is 8.39. The predicted molar refractivity (Wildman–Crippen MR) is 81.3 cm³/mol. The molecule has 8 heteroatoms. The Hall–Kier alpha value is -1.48. The van der Waals surface area contributed by atoms with Crippen molar-refractivity contribution in [3.63, 3.8) is 0 Å². The Balaban J connectivity index is 1.31. The molecule has 0 aromatic heterocycles. The lowest BCUT2D eigenvalue weighted by Crippen LogP contribution is -2.38. The van der Waals surface area contributed by atoms with E-state index in [4.69, 9.17) is 18.9 Å². The molecule has 0 aromatic rings. The van der Waals surface area contributed by atoms with Gasteiger partial charge in [0, 0.05) is 38.3 Å². The molecule has 4 aliphatic rings. The van der Waals surface area contributed by atoms with Crippen LogP contribution in [0.2, 0.25) is 0 Å². The average Bonchev–Trinajstić information content (AvgIpc) is 3.40. The van der Waals surface area contributed by atoms with E-state index in [0.29, 0.717) is 52.6 Å². The van der Waals surface area contributed by atoms with Crippen LogP contribution in [0.4, 0.5) is 0 Å². The standard InChI is InChI=1S/C16H22N2O6/c19-15(17(3-11-7-21-11)4-12-8-22-12)1-2-16(20)18(5-13-9-23-13)6-14-10-24-14/h1-2,11-14H,3-10H2. The van der Waals surface area contributed by atoms with Gasteiger partial charge in [-0.25, -0.2) is 0 Å². The Morgan fingerprint density at radius 3 is 1.12 bits per heavy atom. The van der Waals surface area contributed by atoms with Gasteiger partial charge in [-0.05, 0) is 0 Å². The van der Waals surface area contributed by atoms with Gasteiger partial charge in [0.15, 0.2) is 0 Å². The highest BCUT2D eigenvalue weighted by Crippen LogP contribution is 2.17. The first-order valence-electron chi connectivity index (χ1n) is 8.39. The van der Waals surface area contributed by atoms with Crippen molar-refractivity contribution >= 4 is 11.8 Å². The minimum Gasteiger partial charge on any atom is -0.371 e. The Labute approximate surface area is 140 Å². The van der Waals surface area contributed by atoms with Crippen molar-refractivity contribution in [2.24, 2.45) is 0 Å². The van der Waals surface area contributed by atoms with Gasteiger partial charge >= 0.3 is 0 Å². The third-order valence-corrected chi connectivity index (χ3v) is 4.30. The monoisotopic (exact) mass is 338 g/mol. The van der Waals surface area contributed by atoms with Crippen LogP contribution in [0, 0.1) is 0 Å². The van der Waals surface area contributed by atoms with Crippen LogP contribution in [0.25, 0.3) is 0 Å². The topological polar surface area (TPSA) is 90.7 Å². The number of hydrogen-bond donors (Lipinski definition) is 0. The molecule has 0 aromatic carbocycles. The van der Waals surface area contributed by atoms with Crippen molar-refractivity contribution in [1.29, 1.82) is 0 Å². The molecule has 0 saturated carbocycles. The van der Waals surface area contributed by atoms with Crippen LogP contribution in [-0.2, 0) is 28.5 Å². The second-order valence-electron chi connectivity index (χ2n) is 6.64. The molecule has 4 aliphatic heterocycles. The molecule has 4 rings (SSSR count). The zero-order valence-electron chi connectivity index (χ0n) is 13.5. The zero-order chi connectivity index (χ0) is 16.5. The normalized spacial score (nSPS) is 32.5. The van der Waals surface area contributed by atoms with Crippen LogP contribution in [0.3, 0.4) is 0 Å². The van der Waals surface area contributed by atoms with Gasteiger partial charge in [0.1, 0.15) is 0 Å². The second-order valence-corrected chi connectivity index (χ2v) is 6.64. The fourth-order valence-corrected chi connectivity index (χ4v) is 2.54. The number of amides is 2. The predicted octanol–water partition coefficient (Wildman–Crippen LogP) is -1.20. The molecule has 0 aliphatic carbocycles. The molecular weight excluding hydrogens is 316 g/mol. The van der Waals surface area contributed by atoms with Crippen LogP contribution in [-0.4, -0.2) is 98.6 Å². The number of rotatable bonds is 10. The van der Waals surface area contributed by atoms with Gasteiger partial charge in [-0.2, -0.15) is 0 Å². The summed E-state index contributed by atoms with van der Waals surface area (Å²) >= 11 is 0. The van der Waals surface area contributed by atoms with E-state index < -0.39 is 0 Å². The summed E-state index contributed by atoms with van der Waals surface area (Å²) in [6.45, 7) is 4.95. The molecule has 0 bridgehead atoms. The van der Waals surface area contributed by atoms with E-state index in [-0.39, 0.29) is 36.2 Å². The van der Waals surface area contributed by atoms with Gasteiger partial charge < -0.3 is 28.7 Å². The molecule has 0 radical (unpaired) electrons. The first kappa shape index (κ1) is 16.0. The summed E-state index contributed by atoms with van der Waals surface area (Å²) in [7, 11) is 0. The highest BCUT2D eigenvalue weighted by molar-refractivity contribution is 5.96. The molecular formula is C16H22N2O6. The van der Waals surface area contributed by atoms with E-state index in [1.165, 1.54) is 12.2 Å². The Morgan fingerprint density at radius 2 is 0.917 bits per heavy atom. The highest BCUT2D eigenvalue weighted by Gasteiger charge is 2.34. The van der Waals surface area contributed by atoms with Crippen LogP contribution in [0.15, 0.2) is 12.2 Å². The first-order chi connectivity index (χ1) is 11.7. The summed E-state index contributed by atoms with van der Waals surface area (Å²) in [5.41, 5.74) is 0. The van der Waals surface area contributed by atoms with E-state index in [0.717, 1.165) is 0 Å². The third kappa shape index (κ3) is 5.01. The summed E-state index contributed by atoms with van der Waals surface area (Å²) in [6, 6.07) is 0. The van der Waals surface area contributed by atoms with E-state index in [9.17, 15) is 9.59 Å². The second kappa shape index (κ2) is 6.79. The third-order valence-electron chi connectivity index (χ3n) is 4.30. The van der Waals surface area contributed by atoms with Gasteiger partial charge in [0.2, 0.25) is 11.8 Å². The smallest absolute Gasteiger partial charge is 0.246 e. The van der Waals surface area contributed by atoms with Gasteiger partial charge in [-0.3, -0.25) is 9.59 Å². The van der Waals surface area contributed by atoms with Crippen LogP contribution in [0.1, 0.15) is 0 Å². The maximum Gasteiger partial charge on any atom is 0.246 e. The summed E-state index contributed by atoms with van der Waals surface area (Å²) in [6.07, 6.45) is 3.17. The molecule has 2 amide bonds. The summed E-state index contributed by atoms with van der Waals surface area (Å²) in [4.78, 5) is 28.1. The Bertz CT molecular complexity index is 449. The van der Waals surface area contributed by atoms with E-state index >= 15 is 0 Å². The van der Waals surface area contributed by atoms with Crippen molar-refractivity contribution in [3.05, 3.63) is 12.2 Å². The fraction of sp³-hybridized carbons (Fsp3) is 0.750. The summed E-state index contributed by atoms with van der Waals surface area (Å²) in [5, 5.41) is 0. The number of ether oxygens (including phenoxy) is 4. The van der Waals surface area contributed by atoms with Gasteiger partial charge in [0.05, 0.1) is 50.8 Å². The maximum absolute atomic E-state index is 12.4. The lowest BCUT2D eigenvalue weighted by molar-refractivity contribution is -0.128. The van der Waals surface area contributed by atoms with Crippen LogP contribution in [0.5, 0.6) is 0 Å². The van der Waals surface area contributed by atoms with Crippen molar-refractivity contribution in [3.8, 4) is 0 Å². The summed E-state index contributed by atoms with van der Waals surface area (Å²) < 4.78 is 20.8. The lowest BCUT2D eigenvalue weighted by Gasteiger charge is -2.20. The van der Waals surface area contributed by atoms with Crippen molar-refractivity contribution in [1.82, 2.24) is 9.80 Å². The van der Waals surface area contributed by atoms with Crippen LogP contribution >= 0.6 is 0 Å². The Kier molecular flexibility index (Phi) is 4.53. The Morgan fingerprint density at radius 1 is 0.667 bits per heavy atom. The molecule has 4 saturated heterocycles. The van der Waals surface area contributed by atoms with Gasteiger partial charge in [-0.1, -0.05) is 0 Å². The SMILES string of the molecule is O=C(C=CC(=O)N(CC1CO1)CC1CO1)N(CC1CO1)CC1CO1. The molecule has 4 atom stereocenters. The largest absolute Gasteiger partial charge is 0.371 e. The number of carbonyl (C=O) groups is 2. The minimum absolute atomic E-state index is 0.118. The maximum atomic E-state index is 12.4. The summed E-state index contributed by atoms with van der Waals surface area (Å²) in [5.74, 6) is -0.362. The molecule has 4 fully saturated rings. The molecule has 132 valence electrons. The molecule has 0 spiro atoms. The quantitative estimate of drug-likeness (QED) is 0.367. The van der Waals surface area contributed by atoms with Gasteiger partial charge in [0.25, 0.3) is 0 Å². The number of epoxide rings is 4. The highest BCUT2D eigenvalue weighted by atomic mass is 16.6. The molecule has 0 N–H and O–H groups in total. The molecule has 4 unspecified atom stereocenters. The van der Waals surface area contributed by atoms with E-state index in [1.807, 2.05) is 0 Å². The molecule has 24 heavy (non-hydrogen) atoms. The number of hydrogen-bond acceptors (Lipinski definition) is 6. The van der Waals surface area contributed by atoms with Gasteiger partial charge in [-0.15, -0.1) is 0 Å². The van der Waals surface area contributed by atoms with Crippen LogP contribution < -0.4 is 0 Å². The van der Waals surface area contributed by atoms with Crippen molar-refractivity contribution < 1.29 is 28.5 Å².